The summed E-state index contributed by atoms with van der Waals surface area (Å²) >= 11 is 0. The number of piperidine rings is 1. The van der Waals surface area contributed by atoms with Crippen LogP contribution in [0.15, 0.2) is 30.3 Å². The lowest BCUT2D eigenvalue weighted by Gasteiger charge is -2.33. The number of fused-ring (bicyclic) bond motifs is 1. The molecule has 1 fully saturated rings. The van der Waals surface area contributed by atoms with Crippen LogP contribution in [-0.2, 0) is 19.5 Å². The quantitative estimate of drug-likeness (QED) is 0.788. The van der Waals surface area contributed by atoms with E-state index in [1.54, 1.807) is 0 Å². The Bertz CT molecular complexity index is 727. The Balaban J connectivity index is 1.37. The van der Waals surface area contributed by atoms with Gasteiger partial charge in [-0.05, 0) is 24.9 Å². The average molecular weight is 339 g/mol. The van der Waals surface area contributed by atoms with E-state index in [1.807, 2.05) is 6.07 Å². The van der Waals surface area contributed by atoms with Crippen molar-refractivity contribution in [3.63, 3.8) is 0 Å². The van der Waals surface area contributed by atoms with E-state index >= 15 is 0 Å². The zero-order valence-corrected chi connectivity index (χ0v) is 14.4. The van der Waals surface area contributed by atoms with E-state index in [1.165, 1.54) is 5.56 Å². The van der Waals surface area contributed by atoms with Crippen LogP contribution in [0.5, 0.6) is 0 Å². The minimum Gasteiger partial charge on any atom is -0.347 e. The predicted octanol–water partition coefficient (Wildman–Crippen LogP) is 1.45. The molecule has 25 heavy (non-hydrogen) atoms. The zero-order valence-electron chi connectivity index (χ0n) is 14.4. The summed E-state index contributed by atoms with van der Waals surface area (Å²) in [5, 5.41) is 13.8. The Morgan fingerprint density at radius 3 is 3.08 bits per heavy atom. The summed E-state index contributed by atoms with van der Waals surface area (Å²) in [5.74, 6) is -0.0484. The SMILES string of the molecule is O=C(NC1CCCN(Cc2ccccc2)C1)c1n[nH]c2c1CNCC2. The first-order valence-electron chi connectivity index (χ1n) is 9.13. The number of carbonyl (C=O) groups is 1. The summed E-state index contributed by atoms with van der Waals surface area (Å²) in [6.45, 7) is 4.58. The molecular formula is C19H25N5O. The number of benzene rings is 1. The van der Waals surface area contributed by atoms with E-state index in [0.717, 1.165) is 63.2 Å². The number of nitrogens with zero attached hydrogens (tertiary/aromatic N) is 2. The van der Waals surface area contributed by atoms with Gasteiger partial charge in [-0.25, -0.2) is 0 Å². The maximum Gasteiger partial charge on any atom is 0.272 e. The second-order valence-corrected chi connectivity index (χ2v) is 6.99. The highest BCUT2D eigenvalue weighted by atomic mass is 16.2. The number of H-pyrrole nitrogens is 1. The van der Waals surface area contributed by atoms with Gasteiger partial charge in [-0.1, -0.05) is 30.3 Å². The average Bonchev–Trinajstić information content (AvgIpc) is 3.07. The molecule has 2 aromatic rings. The molecule has 1 unspecified atom stereocenters. The highest BCUT2D eigenvalue weighted by Gasteiger charge is 2.26. The molecule has 3 heterocycles. The molecular weight excluding hydrogens is 314 g/mol. The number of aromatic amines is 1. The topological polar surface area (TPSA) is 73.0 Å². The van der Waals surface area contributed by atoms with Crippen molar-refractivity contribution >= 4 is 5.91 Å². The van der Waals surface area contributed by atoms with Crippen LogP contribution < -0.4 is 10.6 Å². The number of hydrogen-bond acceptors (Lipinski definition) is 4. The lowest BCUT2D eigenvalue weighted by molar-refractivity contribution is 0.0894. The monoisotopic (exact) mass is 339 g/mol. The van der Waals surface area contributed by atoms with Gasteiger partial charge in [0.1, 0.15) is 0 Å². The minimum atomic E-state index is -0.0484. The predicted molar refractivity (Wildman–Crippen MR) is 96.2 cm³/mol. The minimum absolute atomic E-state index is 0.0484. The van der Waals surface area contributed by atoms with Crippen molar-refractivity contribution in [2.75, 3.05) is 19.6 Å². The number of aromatic nitrogens is 2. The molecule has 132 valence electrons. The van der Waals surface area contributed by atoms with Gasteiger partial charge in [0.2, 0.25) is 0 Å². The molecule has 0 saturated carbocycles. The normalized spacial score (nSPS) is 20.9. The van der Waals surface area contributed by atoms with Crippen molar-refractivity contribution in [2.24, 2.45) is 0 Å². The van der Waals surface area contributed by atoms with Gasteiger partial charge in [0.25, 0.3) is 5.91 Å². The lowest BCUT2D eigenvalue weighted by Crippen LogP contribution is -2.47. The molecule has 1 aromatic carbocycles. The van der Waals surface area contributed by atoms with Gasteiger partial charge in [-0.2, -0.15) is 5.10 Å². The van der Waals surface area contributed by atoms with Gasteiger partial charge in [0.15, 0.2) is 5.69 Å². The fraction of sp³-hybridized carbons (Fsp3) is 0.474. The molecule has 0 aliphatic carbocycles. The molecule has 0 radical (unpaired) electrons. The van der Waals surface area contributed by atoms with Crippen molar-refractivity contribution in [1.29, 1.82) is 0 Å². The highest BCUT2D eigenvalue weighted by Crippen LogP contribution is 2.17. The molecule has 2 aliphatic heterocycles. The third-order valence-corrected chi connectivity index (χ3v) is 5.11. The summed E-state index contributed by atoms with van der Waals surface area (Å²) in [6.07, 6.45) is 3.05. The molecule has 6 heteroatoms. The largest absolute Gasteiger partial charge is 0.347 e. The van der Waals surface area contributed by atoms with Crippen molar-refractivity contribution in [2.45, 2.75) is 38.4 Å². The van der Waals surface area contributed by atoms with Crippen molar-refractivity contribution in [3.8, 4) is 0 Å². The Morgan fingerprint density at radius 2 is 2.20 bits per heavy atom. The third-order valence-electron chi connectivity index (χ3n) is 5.11. The Hall–Kier alpha value is -2.18. The van der Waals surface area contributed by atoms with Gasteiger partial charge < -0.3 is 10.6 Å². The molecule has 1 aromatic heterocycles. The first-order chi connectivity index (χ1) is 12.3. The molecule has 1 amide bonds. The maximum atomic E-state index is 12.7. The van der Waals surface area contributed by atoms with Gasteiger partial charge in [0.05, 0.1) is 0 Å². The molecule has 2 aliphatic rings. The molecule has 6 nitrogen and oxygen atoms in total. The highest BCUT2D eigenvalue weighted by molar-refractivity contribution is 5.94. The van der Waals surface area contributed by atoms with Gasteiger partial charge in [-0.3, -0.25) is 14.8 Å². The molecule has 1 atom stereocenters. The Kier molecular flexibility index (Phi) is 4.81. The number of nitrogens with one attached hydrogen (secondary N) is 3. The Morgan fingerprint density at radius 1 is 1.32 bits per heavy atom. The van der Waals surface area contributed by atoms with Crippen LogP contribution in [0.3, 0.4) is 0 Å². The molecule has 1 saturated heterocycles. The zero-order chi connectivity index (χ0) is 17.1. The van der Waals surface area contributed by atoms with Crippen LogP contribution in [0.4, 0.5) is 0 Å². The second kappa shape index (κ2) is 7.37. The van der Waals surface area contributed by atoms with Crippen LogP contribution in [0.2, 0.25) is 0 Å². The number of likely N-dealkylation sites (tertiary alicyclic amines) is 1. The molecule has 3 N–H and O–H groups in total. The van der Waals surface area contributed by atoms with Crippen molar-refractivity contribution in [3.05, 3.63) is 52.8 Å². The number of hydrogen-bond donors (Lipinski definition) is 3. The van der Waals surface area contributed by atoms with Crippen molar-refractivity contribution < 1.29 is 4.79 Å². The van der Waals surface area contributed by atoms with E-state index in [4.69, 9.17) is 0 Å². The van der Waals surface area contributed by atoms with Gasteiger partial charge in [0, 0.05) is 49.9 Å². The fourth-order valence-electron chi connectivity index (χ4n) is 3.83. The van der Waals surface area contributed by atoms with E-state index in [2.05, 4.69) is 50.0 Å². The standard InChI is InChI=1S/C19H25N5O/c25-19(18-16-11-20-9-8-17(16)22-23-18)21-15-7-4-10-24(13-15)12-14-5-2-1-3-6-14/h1-3,5-6,15,20H,4,7-13H2,(H,21,25)(H,22,23). The summed E-state index contributed by atoms with van der Waals surface area (Å²) in [4.78, 5) is 15.1. The first kappa shape index (κ1) is 16.3. The van der Waals surface area contributed by atoms with E-state index in [0.29, 0.717) is 5.69 Å². The number of carbonyl (C=O) groups excluding carboxylic acids is 1. The lowest BCUT2D eigenvalue weighted by atomic mass is 10.0. The van der Waals surface area contributed by atoms with Crippen LogP contribution in [-0.4, -0.2) is 46.7 Å². The number of amides is 1. The second-order valence-electron chi connectivity index (χ2n) is 6.99. The van der Waals surface area contributed by atoms with Crippen LogP contribution in [0.25, 0.3) is 0 Å². The van der Waals surface area contributed by atoms with Crippen LogP contribution in [0.1, 0.15) is 40.2 Å². The summed E-state index contributed by atoms with van der Waals surface area (Å²) in [7, 11) is 0. The summed E-state index contributed by atoms with van der Waals surface area (Å²) in [5.41, 5.74) is 4.00. The van der Waals surface area contributed by atoms with Crippen LogP contribution >= 0.6 is 0 Å². The smallest absolute Gasteiger partial charge is 0.272 e. The summed E-state index contributed by atoms with van der Waals surface area (Å²) in [6, 6.07) is 10.7. The Labute approximate surface area is 148 Å². The fourth-order valence-corrected chi connectivity index (χ4v) is 3.83. The van der Waals surface area contributed by atoms with Gasteiger partial charge >= 0.3 is 0 Å². The van der Waals surface area contributed by atoms with E-state index in [-0.39, 0.29) is 11.9 Å². The maximum absolute atomic E-state index is 12.7. The molecule has 4 rings (SSSR count). The number of rotatable bonds is 4. The third kappa shape index (κ3) is 3.75. The van der Waals surface area contributed by atoms with Crippen molar-refractivity contribution in [1.82, 2.24) is 25.7 Å². The molecule has 0 spiro atoms. The first-order valence-corrected chi connectivity index (χ1v) is 9.13. The summed E-state index contributed by atoms with van der Waals surface area (Å²) < 4.78 is 0. The molecule has 0 bridgehead atoms. The van der Waals surface area contributed by atoms with E-state index < -0.39 is 0 Å². The van der Waals surface area contributed by atoms with E-state index in [9.17, 15) is 4.79 Å². The van der Waals surface area contributed by atoms with Crippen LogP contribution in [0, 0.1) is 0 Å². The van der Waals surface area contributed by atoms with Gasteiger partial charge in [-0.15, -0.1) is 0 Å².